The molecular weight excluding hydrogens is 432 g/mol. The van der Waals surface area contributed by atoms with Gasteiger partial charge in [-0.05, 0) is 36.8 Å². The molecule has 0 unspecified atom stereocenters. The molecule has 0 saturated carbocycles. The van der Waals surface area contributed by atoms with Crippen LogP contribution in [-0.2, 0) is 25.9 Å². The highest BCUT2D eigenvalue weighted by atomic mass is 32.2. The van der Waals surface area contributed by atoms with Crippen LogP contribution in [0, 0.1) is 10.1 Å². The van der Waals surface area contributed by atoms with Gasteiger partial charge in [-0.1, -0.05) is 6.07 Å². The molecule has 1 amide bonds. The Hall–Kier alpha value is -3.67. The van der Waals surface area contributed by atoms with E-state index in [4.69, 9.17) is 14.2 Å². The fourth-order valence-electron chi connectivity index (χ4n) is 2.77. The summed E-state index contributed by atoms with van der Waals surface area (Å²) in [6.07, 6.45) is -0.380. The Morgan fingerprint density at radius 1 is 1.19 bits per heavy atom. The lowest BCUT2D eigenvalue weighted by Gasteiger charge is -2.14. The monoisotopic (exact) mass is 450 g/mol. The van der Waals surface area contributed by atoms with Crippen LogP contribution < -0.4 is 14.8 Å². The zero-order valence-electron chi connectivity index (χ0n) is 16.5. The lowest BCUT2D eigenvalue weighted by molar-refractivity contribution is -0.387. The van der Waals surface area contributed by atoms with Crippen molar-refractivity contribution < 1.29 is 37.1 Å². The van der Waals surface area contributed by atoms with Gasteiger partial charge >= 0.3 is 5.97 Å². The molecular formula is C19H18N2O9S. The molecule has 0 bridgehead atoms. The van der Waals surface area contributed by atoms with Gasteiger partial charge in [0.1, 0.15) is 4.90 Å². The van der Waals surface area contributed by atoms with Gasteiger partial charge in [-0.3, -0.25) is 14.9 Å². The van der Waals surface area contributed by atoms with E-state index >= 15 is 0 Å². The number of ether oxygens (including phenoxy) is 3. The third kappa shape index (κ3) is 5.09. The van der Waals surface area contributed by atoms with Gasteiger partial charge in [0.05, 0.1) is 10.5 Å². The van der Waals surface area contributed by atoms with Gasteiger partial charge < -0.3 is 19.5 Å². The number of benzene rings is 2. The second-order valence-electron chi connectivity index (χ2n) is 6.66. The largest absolute Gasteiger partial charge is 0.454 e. The summed E-state index contributed by atoms with van der Waals surface area (Å²) in [6, 6.07) is 8.00. The fourth-order valence-corrected chi connectivity index (χ4v) is 3.60. The highest BCUT2D eigenvalue weighted by molar-refractivity contribution is 7.90. The van der Waals surface area contributed by atoms with E-state index in [0.29, 0.717) is 11.5 Å². The number of carbonyl (C=O) groups is 2. The molecule has 0 radical (unpaired) electrons. The molecule has 0 fully saturated rings. The Bertz CT molecular complexity index is 1160. The van der Waals surface area contributed by atoms with E-state index < -0.39 is 43.3 Å². The number of nitrogens with one attached hydrogen (secondary N) is 1. The van der Waals surface area contributed by atoms with E-state index in [2.05, 4.69) is 5.32 Å². The van der Waals surface area contributed by atoms with Gasteiger partial charge in [0, 0.05) is 18.9 Å². The number of hydrogen-bond acceptors (Lipinski definition) is 9. The van der Waals surface area contributed by atoms with Crippen molar-refractivity contribution in [2.24, 2.45) is 0 Å². The topological polar surface area (TPSA) is 151 Å². The number of hydrogen-bond donors (Lipinski definition) is 1. The van der Waals surface area contributed by atoms with E-state index in [1.807, 2.05) is 0 Å². The van der Waals surface area contributed by atoms with E-state index in [1.165, 1.54) is 6.92 Å². The molecule has 1 N–H and O–H groups in total. The van der Waals surface area contributed by atoms with Crippen LogP contribution in [0.15, 0.2) is 41.3 Å². The minimum Gasteiger partial charge on any atom is -0.454 e. The summed E-state index contributed by atoms with van der Waals surface area (Å²) in [6.45, 7) is 1.61. The standard InChI is InChI=1S/C19H18N2O9S/c1-11(18(22)20-9-12-3-5-15-16(7-12)29-10-28-15)30-19(23)13-4-6-17(31(2,26)27)14(8-13)21(24)25/h3-8,11H,9-10H2,1-2H3,(H,20,22)/t11-/m0/s1. The van der Waals surface area contributed by atoms with E-state index in [-0.39, 0.29) is 18.9 Å². The van der Waals surface area contributed by atoms with Crippen molar-refractivity contribution >= 4 is 27.4 Å². The second kappa shape index (κ2) is 8.60. The van der Waals surface area contributed by atoms with Crippen molar-refractivity contribution in [1.82, 2.24) is 5.32 Å². The number of amides is 1. The Kier molecular flexibility index (Phi) is 6.11. The quantitative estimate of drug-likeness (QED) is 0.376. The molecule has 1 aliphatic heterocycles. The zero-order chi connectivity index (χ0) is 22.8. The van der Waals surface area contributed by atoms with E-state index in [1.54, 1.807) is 18.2 Å². The summed E-state index contributed by atoms with van der Waals surface area (Å²) >= 11 is 0. The van der Waals surface area contributed by atoms with Crippen LogP contribution in [0.25, 0.3) is 0 Å². The predicted molar refractivity (Wildman–Crippen MR) is 105 cm³/mol. The molecule has 3 rings (SSSR count). The number of nitro groups is 1. The molecule has 1 aliphatic rings. The van der Waals surface area contributed by atoms with Crippen LogP contribution in [0.4, 0.5) is 5.69 Å². The van der Waals surface area contributed by atoms with E-state index in [0.717, 1.165) is 30.0 Å². The number of nitrogens with zero attached hydrogens (tertiary/aromatic N) is 1. The maximum absolute atomic E-state index is 12.3. The van der Waals surface area contributed by atoms with Gasteiger partial charge in [-0.25, -0.2) is 13.2 Å². The molecule has 1 heterocycles. The average molecular weight is 450 g/mol. The normalized spacial score (nSPS) is 13.4. The Balaban J connectivity index is 1.63. The summed E-state index contributed by atoms with van der Waals surface area (Å²) in [7, 11) is -3.87. The van der Waals surface area contributed by atoms with Crippen LogP contribution in [0.2, 0.25) is 0 Å². The number of esters is 1. The highest BCUT2D eigenvalue weighted by Gasteiger charge is 2.26. The molecule has 1 atom stereocenters. The van der Waals surface area contributed by atoms with E-state index in [9.17, 15) is 28.1 Å². The zero-order valence-corrected chi connectivity index (χ0v) is 17.3. The number of sulfone groups is 1. The SMILES string of the molecule is C[C@H](OC(=O)c1ccc(S(C)(=O)=O)c([N+](=O)[O-])c1)C(=O)NCc1ccc2c(c1)OCO2. The van der Waals surface area contributed by atoms with Crippen LogP contribution in [0.5, 0.6) is 11.5 Å². The van der Waals surface area contributed by atoms with Gasteiger partial charge in [-0.15, -0.1) is 0 Å². The Morgan fingerprint density at radius 2 is 1.90 bits per heavy atom. The Morgan fingerprint density at radius 3 is 2.58 bits per heavy atom. The fraction of sp³-hybridized carbons (Fsp3) is 0.263. The Labute approximate surface area is 177 Å². The summed E-state index contributed by atoms with van der Waals surface area (Å²) in [4.78, 5) is 34.3. The summed E-state index contributed by atoms with van der Waals surface area (Å²) in [5.74, 6) is -0.430. The first kappa shape index (κ1) is 22.0. The molecule has 0 saturated heterocycles. The summed E-state index contributed by atoms with van der Waals surface area (Å²) in [5.41, 5.74) is -0.269. The molecule has 12 heteroatoms. The minimum absolute atomic E-state index is 0.126. The van der Waals surface area contributed by atoms with Crippen molar-refractivity contribution in [3.63, 3.8) is 0 Å². The van der Waals surface area contributed by atoms with Crippen LogP contribution >= 0.6 is 0 Å². The van der Waals surface area contributed by atoms with Gasteiger partial charge in [0.2, 0.25) is 6.79 Å². The molecule has 164 valence electrons. The number of nitro benzene ring substituents is 1. The van der Waals surface area contributed by atoms with Crippen LogP contribution in [0.1, 0.15) is 22.8 Å². The van der Waals surface area contributed by atoms with Crippen molar-refractivity contribution in [3.05, 3.63) is 57.6 Å². The van der Waals surface area contributed by atoms with Crippen LogP contribution in [0.3, 0.4) is 0 Å². The molecule has 11 nitrogen and oxygen atoms in total. The maximum atomic E-state index is 12.3. The lowest BCUT2D eigenvalue weighted by atomic mass is 10.2. The number of rotatable bonds is 7. The maximum Gasteiger partial charge on any atom is 0.339 e. The lowest BCUT2D eigenvalue weighted by Crippen LogP contribution is -2.35. The first-order valence-corrected chi connectivity index (χ1v) is 10.8. The van der Waals surface area contributed by atoms with Gasteiger partial charge in [-0.2, -0.15) is 0 Å². The molecule has 0 spiro atoms. The van der Waals surface area contributed by atoms with Crippen molar-refractivity contribution in [3.8, 4) is 11.5 Å². The first-order valence-electron chi connectivity index (χ1n) is 8.92. The van der Waals surface area contributed by atoms with Gasteiger partial charge in [0.25, 0.3) is 11.6 Å². The minimum atomic E-state index is -3.87. The van der Waals surface area contributed by atoms with Crippen molar-refractivity contribution in [2.75, 3.05) is 13.0 Å². The van der Waals surface area contributed by atoms with Crippen molar-refractivity contribution in [2.45, 2.75) is 24.5 Å². The molecule has 2 aromatic carbocycles. The number of carbonyl (C=O) groups excluding carboxylic acids is 2. The first-order chi connectivity index (χ1) is 14.6. The second-order valence-corrected chi connectivity index (χ2v) is 8.65. The summed E-state index contributed by atoms with van der Waals surface area (Å²) < 4.78 is 38.9. The molecule has 31 heavy (non-hydrogen) atoms. The third-order valence-electron chi connectivity index (χ3n) is 4.35. The molecule has 0 aliphatic carbocycles. The van der Waals surface area contributed by atoms with Crippen LogP contribution in [-0.4, -0.2) is 44.4 Å². The average Bonchev–Trinajstić information content (AvgIpc) is 3.18. The molecule has 0 aromatic heterocycles. The number of fused-ring (bicyclic) bond motifs is 1. The summed E-state index contributed by atoms with van der Waals surface area (Å²) in [5, 5.41) is 13.8. The smallest absolute Gasteiger partial charge is 0.339 e. The highest BCUT2D eigenvalue weighted by Crippen LogP contribution is 2.32. The van der Waals surface area contributed by atoms with Gasteiger partial charge in [0.15, 0.2) is 27.4 Å². The van der Waals surface area contributed by atoms with Crippen molar-refractivity contribution in [1.29, 1.82) is 0 Å². The molecule has 2 aromatic rings. The third-order valence-corrected chi connectivity index (χ3v) is 5.49. The predicted octanol–water partition coefficient (Wildman–Crippen LogP) is 1.59.